The summed E-state index contributed by atoms with van der Waals surface area (Å²) >= 11 is 0. The van der Waals surface area contributed by atoms with Crippen molar-refractivity contribution < 1.29 is 0 Å². The van der Waals surface area contributed by atoms with Crippen molar-refractivity contribution in [1.82, 2.24) is 19.9 Å². The molecule has 0 amide bonds. The minimum atomic E-state index is 0.599. The molecule has 0 saturated heterocycles. The van der Waals surface area contributed by atoms with Crippen molar-refractivity contribution in [2.24, 2.45) is 0 Å². The Bertz CT molecular complexity index is 2900. The summed E-state index contributed by atoms with van der Waals surface area (Å²) in [6, 6.07) is 72.2. The van der Waals surface area contributed by atoms with Gasteiger partial charge in [-0.05, 0) is 96.7 Å². The third-order valence-corrected chi connectivity index (χ3v) is 10.7. The predicted octanol–water partition coefficient (Wildman–Crippen LogP) is 13.8. The average Bonchev–Trinajstić information content (AvgIpc) is 3.32. The number of fused-ring (bicyclic) bond motifs is 1. The van der Waals surface area contributed by atoms with E-state index in [0.717, 1.165) is 61.2 Å². The lowest BCUT2D eigenvalue weighted by Crippen LogP contribution is -2.01. The number of pyridine rings is 1. The minimum absolute atomic E-state index is 0.599. The van der Waals surface area contributed by atoms with Gasteiger partial charge in [-0.3, -0.25) is 4.98 Å². The van der Waals surface area contributed by atoms with Crippen molar-refractivity contribution in [3.05, 3.63) is 219 Å². The highest BCUT2D eigenvalue weighted by Crippen LogP contribution is 2.39. The zero-order chi connectivity index (χ0) is 38.7. The second kappa shape index (κ2) is 15.4. The highest BCUT2D eigenvalue weighted by molar-refractivity contribution is 6.05. The molecule has 0 unspecified atom stereocenters. The number of aromatic nitrogens is 4. The van der Waals surface area contributed by atoms with Crippen molar-refractivity contribution in [2.45, 2.75) is 0 Å². The van der Waals surface area contributed by atoms with Crippen molar-refractivity contribution in [1.29, 1.82) is 0 Å². The maximum absolute atomic E-state index is 5.22. The summed E-state index contributed by atoms with van der Waals surface area (Å²) < 4.78 is 0. The number of hydrogen-bond donors (Lipinski definition) is 0. The zero-order valence-corrected chi connectivity index (χ0v) is 31.6. The van der Waals surface area contributed by atoms with Crippen molar-refractivity contribution in [3.8, 4) is 89.8 Å². The van der Waals surface area contributed by atoms with Crippen LogP contribution in [-0.4, -0.2) is 19.9 Å². The first-order valence-corrected chi connectivity index (χ1v) is 19.4. The van der Waals surface area contributed by atoms with Crippen molar-refractivity contribution >= 4 is 10.8 Å². The van der Waals surface area contributed by atoms with Gasteiger partial charge in [-0.1, -0.05) is 176 Å². The van der Waals surface area contributed by atoms with Crippen LogP contribution in [0.15, 0.2) is 219 Å². The van der Waals surface area contributed by atoms with Gasteiger partial charge in [0.25, 0.3) is 0 Å². The van der Waals surface area contributed by atoms with Gasteiger partial charge in [-0.25, -0.2) is 15.0 Å². The van der Waals surface area contributed by atoms with E-state index in [1.54, 1.807) is 0 Å². The Morgan fingerprint density at radius 3 is 1.07 bits per heavy atom. The normalized spacial score (nSPS) is 11.1. The van der Waals surface area contributed by atoms with Gasteiger partial charge in [0.05, 0.1) is 0 Å². The van der Waals surface area contributed by atoms with Crippen LogP contribution in [0.5, 0.6) is 0 Å². The molecule has 0 spiro atoms. The van der Waals surface area contributed by atoms with Crippen LogP contribution >= 0.6 is 0 Å². The molecule has 0 aliphatic rings. The lowest BCUT2D eigenvalue weighted by Gasteiger charge is -2.15. The van der Waals surface area contributed by atoms with Crippen LogP contribution in [0, 0.1) is 0 Å². The quantitative estimate of drug-likeness (QED) is 0.156. The maximum atomic E-state index is 5.22. The molecule has 0 radical (unpaired) electrons. The van der Waals surface area contributed by atoms with E-state index in [1.807, 2.05) is 36.7 Å². The Labute approximate surface area is 337 Å². The molecule has 0 aliphatic heterocycles. The van der Waals surface area contributed by atoms with Crippen molar-refractivity contribution in [2.75, 3.05) is 0 Å². The fourth-order valence-corrected chi connectivity index (χ4v) is 7.69. The van der Waals surface area contributed by atoms with E-state index in [2.05, 4.69) is 187 Å². The standard InChI is InChI=1S/C54H36N4/c1-4-12-37(13-5-1)39-20-24-43(25-21-39)52-56-53(44-26-22-40(23-27-44)38-14-6-2-7-15-38)58-54(57-52)47-35-45(41-30-32-55-33-31-41)34-46(36-47)49-29-28-48(42-16-8-3-9-17-42)50-18-10-11-19-51(49)50/h1-36H. The van der Waals surface area contributed by atoms with Crippen LogP contribution in [-0.2, 0) is 0 Å². The Kier molecular flexibility index (Phi) is 9.18. The molecule has 4 nitrogen and oxygen atoms in total. The van der Waals surface area contributed by atoms with Crippen LogP contribution in [0.25, 0.3) is 101 Å². The van der Waals surface area contributed by atoms with Gasteiger partial charge < -0.3 is 0 Å². The fourth-order valence-electron chi connectivity index (χ4n) is 7.69. The molecule has 0 atom stereocenters. The molecule has 10 rings (SSSR count). The lowest BCUT2D eigenvalue weighted by molar-refractivity contribution is 1.07. The molecular weight excluding hydrogens is 705 g/mol. The summed E-state index contributed by atoms with van der Waals surface area (Å²) in [5, 5.41) is 2.38. The second-order valence-electron chi connectivity index (χ2n) is 14.3. The van der Waals surface area contributed by atoms with E-state index in [1.165, 1.54) is 21.9 Å². The third-order valence-electron chi connectivity index (χ3n) is 10.7. The first-order chi connectivity index (χ1) is 28.7. The number of nitrogens with zero attached hydrogens (tertiary/aromatic N) is 4. The number of rotatable bonds is 8. The molecule has 0 aliphatic carbocycles. The predicted molar refractivity (Wildman–Crippen MR) is 239 cm³/mol. The largest absolute Gasteiger partial charge is 0.265 e. The summed E-state index contributed by atoms with van der Waals surface area (Å²) in [7, 11) is 0. The van der Waals surface area contributed by atoms with Crippen molar-refractivity contribution in [3.63, 3.8) is 0 Å². The minimum Gasteiger partial charge on any atom is -0.265 e. The topological polar surface area (TPSA) is 51.6 Å². The molecule has 2 heterocycles. The summed E-state index contributed by atoms with van der Waals surface area (Å²) in [6.45, 7) is 0. The zero-order valence-electron chi connectivity index (χ0n) is 31.6. The molecular formula is C54H36N4. The molecule has 0 N–H and O–H groups in total. The Morgan fingerprint density at radius 2 is 0.569 bits per heavy atom. The van der Waals surface area contributed by atoms with Crippen LogP contribution in [0.3, 0.4) is 0 Å². The van der Waals surface area contributed by atoms with Crippen LogP contribution in [0.2, 0.25) is 0 Å². The van der Waals surface area contributed by atoms with Gasteiger partial charge in [0.15, 0.2) is 17.5 Å². The number of hydrogen-bond acceptors (Lipinski definition) is 4. The van der Waals surface area contributed by atoms with E-state index in [-0.39, 0.29) is 0 Å². The Hall–Kier alpha value is -7.82. The third kappa shape index (κ3) is 6.95. The highest BCUT2D eigenvalue weighted by Gasteiger charge is 2.17. The Morgan fingerprint density at radius 1 is 0.224 bits per heavy atom. The van der Waals surface area contributed by atoms with E-state index in [0.29, 0.717) is 17.5 Å². The summed E-state index contributed by atoms with van der Waals surface area (Å²) in [6.07, 6.45) is 3.67. The molecule has 4 heteroatoms. The van der Waals surface area contributed by atoms with Gasteiger partial charge in [-0.2, -0.15) is 0 Å². The Balaban J connectivity index is 1.15. The van der Waals surface area contributed by atoms with Gasteiger partial charge in [-0.15, -0.1) is 0 Å². The molecule has 8 aromatic carbocycles. The molecule has 2 aromatic heterocycles. The fraction of sp³-hybridized carbons (Fsp3) is 0. The molecule has 0 saturated carbocycles. The van der Waals surface area contributed by atoms with Gasteiger partial charge >= 0.3 is 0 Å². The SMILES string of the molecule is c1ccc(-c2ccc(-c3nc(-c4ccc(-c5ccccc5)cc4)nc(-c4cc(-c5ccncc5)cc(-c5ccc(-c6ccccc6)c6ccccc56)c4)n3)cc2)cc1. The number of benzene rings is 8. The maximum Gasteiger partial charge on any atom is 0.164 e. The van der Waals surface area contributed by atoms with Gasteiger partial charge in [0.2, 0.25) is 0 Å². The first kappa shape index (κ1) is 34.7. The molecule has 10 aromatic rings. The summed E-state index contributed by atoms with van der Waals surface area (Å²) in [5.41, 5.74) is 14.0. The summed E-state index contributed by atoms with van der Waals surface area (Å²) in [4.78, 5) is 19.9. The van der Waals surface area contributed by atoms with E-state index in [9.17, 15) is 0 Å². The molecule has 0 bridgehead atoms. The first-order valence-electron chi connectivity index (χ1n) is 19.4. The van der Waals surface area contributed by atoms with Crippen LogP contribution in [0.1, 0.15) is 0 Å². The van der Waals surface area contributed by atoms with E-state index >= 15 is 0 Å². The van der Waals surface area contributed by atoms with Gasteiger partial charge in [0.1, 0.15) is 0 Å². The molecule has 272 valence electrons. The smallest absolute Gasteiger partial charge is 0.164 e. The molecule has 58 heavy (non-hydrogen) atoms. The molecule has 0 fully saturated rings. The second-order valence-corrected chi connectivity index (χ2v) is 14.3. The van der Waals surface area contributed by atoms with Gasteiger partial charge in [0, 0.05) is 29.1 Å². The van der Waals surface area contributed by atoms with E-state index < -0.39 is 0 Å². The van der Waals surface area contributed by atoms with E-state index in [4.69, 9.17) is 15.0 Å². The van der Waals surface area contributed by atoms with Crippen LogP contribution < -0.4 is 0 Å². The average molecular weight is 741 g/mol. The monoisotopic (exact) mass is 740 g/mol. The van der Waals surface area contributed by atoms with Crippen LogP contribution in [0.4, 0.5) is 0 Å². The summed E-state index contributed by atoms with van der Waals surface area (Å²) in [5.74, 6) is 1.82. The lowest BCUT2D eigenvalue weighted by atomic mass is 9.90. The highest BCUT2D eigenvalue weighted by atomic mass is 15.0.